The van der Waals surface area contributed by atoms with Crippen LogP contribution < -0.4 is 5.32 Å². The average molecular weight is 254 g/mol. The summed E-state index contributed by atoms with van der Waals surface area (Å²) in [5.74, 6) is 0. The van der Waals surface area contributed by atoms with Gasteiger partial charge in [-0.05, 0) is 50.1 Å². The SMILES string of the molecule is CCNC(c1ccc(C)cc1C)c1cccnc1C. The van der Waals surface area contributed by atoms with Crippen LogP contribution in [-0.4, -0.2) is 11.5 Å². The van der Waals surface area contributed by atoms with Crippen LogP contribution in [0.1, 0.15) is 40.9 Å². The summed E-state index contributed by atoms with van der Waals surface area (Å²) < 4.78 is 0. The highest BCUT2D eigenvalue weighted by molar-refractivity contribution is 5.40. The fourth-order valence-electron chi connectivity index (χ4n) is 2.54. The Balaban J connectivity index is 2.48. The van der Waals surface area contributed by atoms with Crippen LogP contribution in [0.4, 0.5) is 0 Å². The standard InChI is InChI=1S/C17H22N2/c1-5-18-17(16-7-6-10-19-14(16)4)15-9-8-12(2)11-13(15)3/h6-11,17-18H,5H2,1-4H3. The molecule has 1 aromatic heterocycles. The molecule has 0 radical (unpaired) electrons. The zero-order valence-electron chi connectivity index (χ0n) is 12.2. The third kappa shape index (κ3) is 3.02. The van der Waals surface area contributed by atoms with Gasteiger partial charge in [0.15, 0.2) is 0 Å². The van der Waals surface area contributed by atoms with Gasteiger partial charge in [0.05, 0.1) is 6.04 Å². The fraction of sp³-hybridized carbons (Fsp3) is 0.353. The van der Waals surface area contributed by atoms with Crippen molar-refractivity contribution in [3.8, 4) is 0 Å². The molecule has 19 heavy (non-hydrogen) atoms. The Morgan fingerprint density at radius 3 is 2.53 bits per heavy atom. The molecule has 2 rings (SSSR count). The van der Waals surface area contributed by atoms with Crippen molar-refractivity contribution in [3.63, 3.8) is 0 Å². The van der Waals surface area contributed by atoms with Gasteiger partial charge < -0.3 is 5.32 Å². The summed E-state index contributed by atoms with van der Waals surface area (Å²) in [6.07, 6.45) is 1.85. The van der Waals surface area contributed by atoms with Crippen molar-refractivity contribution < 1.29 is 0 Å². The van der Waals surface area contributed by atoms with Gasteiger partial charge in [-0.25, -0.2) is 0 Å². The largest absolute Gasteiger partial charge is 0.306 e. The summed E-state index contributed by atoms with van der Waals surface area (Å²) in [5, 5.41) is 3.58. The minimum absolute atomic E-state index is 0.222. The van der Waals surface area contributed by atoms with Crippen LogP contribution in [0.3, 0.4) is 0 Å². The molecule has 100 valence electrons. The van der Waals surface area contributed by atoms with Gasteiger partial charge in [0.25, 0.3) is 0 Å². The molecule has 0 saturated heterocycles. The normalized spacial score (nSPS) is 12.4. The second-order valence-corrected chi connectivity index (χ2v) is 5.03. The second-order valence-electron chi connectivity index (χ2n) is 5.03. The molecule has 2 nitrogen and oxygen atoms in total. The third-order valence-electron chi connectivity index (χ3n) is 3.50. The molecule has 0 aliphatic carbocycles. The lowest BCUT2D eigenvalue weighted by Crippen LogP contribution is -2.23. The number of hydrogen-bond acceptors (Lipinski definition) is 2. The summed E-state index contributed by atoms with van der Waals surface area (Å²) in [5.41, 5.74) is 6.32. The van der Waals surface area contributed by atoms with Crippen LogP contribution >= 0.6 is 0 Å². The van der Waals surface area contributed by atoms with E-state index in [9.17, 15) is 0 Å². The molecule has 1 N–H and O–H groups in total. The number of nitrogens with zero attached hydrogens (tertiary/aromatic N) is 1. The van der Waals surface area contributed by atoms with Crippen LogP contribution in [0.5, 0.6) is 0 Å². The number of benzene rings is 1. The Bertz CT molecular complexity index is 561. The van der Waals surface area contributed by atoms with Crippen molar-refractivity contribution in [1.82, 2.24) is 10.3 Å². The lowest BCUT2D eigenvalue weighted by molar-refractivity contribution is 0.622. The highest BCUT2D eigenvalue weighted by Crippen LogP contribution is 2.26. The van der Waals surface area contributed by atoms with Gasteiger partial charge in [0, 0.05) is 11.9 Å². The highest BCUT2D eigenvalue weighted by Gasteiger charge is 2.17. The van der Waals surface area contributed by atoms with E-state index >= 15 is 0 Å². The lowest BCUT2D eigenvalue weighted by atomic mass is 9.93. The maximum Gasteiger partial charge on any atom is 0.0597 e. The van der Waals surface area contributed by atoms with Gasteiger partial charge in [-0.15, -0.1) is 0 Å². The molecule has 1 atom stereocenters. The van der Waals surface area contributed by atoms with Crippen molar-refractivity contribution in [3.05, 3.63) is 64.5 Å². The smallest absolute Gasteiger partial charge is 0.0597 e. The fourth-order valence-corrected chi connectivity index (χ4v) is 2.54. The van der Waals surface area contributed by atoms with Gasteiger partial charge in [-0.3, -0.25) is 4.98 Å². The molecule has 1 unspecified atom stereocenters. The summed E-state index contributed by atoms with van der Waals surface area (Å²) in [6.45, 7) is 9.46. The molecular weight excluding hydrogens is 232 g/mol. The molecule has 2 heteroatoms. The monoisotopic (exact) mass is 254 g/mol. The predicted octanol–water partition coefficient (Wildman–Crippen LogP) is 3.71. The van der Waals surface area contributed by atoms with Crippen LogP contribution in [0.25, 0.3) is 0 Å². The number of rotatable bonds is 4. The zero-order valence-corrected chi connectivity index (χ0v) is 12.2. The van der Waals surface area contributed by atoms with E-state index < -0.39 is 0 Å². The molecule has 1 aromatic carbocycles. The number of nitrogens with one attached hydrogen (secondary N) is 1. The second kappa shape index (κ2) is 5.98. The summed E-state index contributed by atoms with van der Waals surface area (Å²) in [4.78, 5) is 4.41. The van der Waals surface area contributed by atoms with Crippen molar-refractivity contribution in [1.29, 1.82) is 0 Å². The van der Waals surface area contributed by atoms with Crippen LogP contribution in [-0.2, 0) is 0 Å². The van der Waals surface area contributed by atoms with Crippen molar-refractivity contribution >= 4 is 0 Å². The third-order valence-corrected chi connectivity index (χ3v) is 3.50. The summed E-state index contributed by atoms with van der Waals surface area (Å²) >= 11 is 0. The highest BCUT2D eigenvalue weighted by atomic mass is 14.9. The van der Waals surface area contributed by atoms with Crippen LogP contribution in [0.2, 0.25) is 0 Å². The van der Waals surface area contributed by atoms with Gasteiger partial charge in [-0.1, -0.05) is 36.8 Å². The predicted molar refractivity (Wildman–Crippen MR) is 80.4 cm³/mol. The first kappa shape index (κ1) is 13.8. The van der Waals surface area contributed by atoms with E-state index in [0.717, 1.165) is 12.2 Å². The van der Waals surface area contributed by atoms with E-state index in [1.807, 2.05) is 12.3 Å². The Morgan fingerprint density at radius 2 is 1.89 bits per heavy atom. The van der Waals surface area contributed by atoms with E-state index in [2.05, 4.69) is 62.3 Å². The number of hydrogen-bond donors (Lipinski definition) is 1. The molecule has 1 heterocycles. The van der Waals surface area contributed by atoms with Crippen molar-refractivity contribution in [2.45, 2.75) is 33.7 Å². The Labute approximate surface area is 115 Å². The molecule has 0 amide bonds. The Hall–Kier alpha value is -1.67. The molecule has 0 saturated carbocycles. The van der Waals surface area contributed by atoms with Gasteiger partial charge in [0.1, 0.15) is 0 Å². The Morgan fingerprint density at radius 1 is 1.11 bits per heavy atom. The molecule has 0 aliphatic rings. The van der Waals surface area contributed by atoms with Crippen LogP contribution in [0.15, 0.2) is 36.5 Å². The van der Waals surface area contributed by atoms with E-state index in [-0.39, 0.29) is 6.04 Å². The first-order chi connectivity index (χ1) is 9.13. The van der Waals surface area contributed by atoms with E-state index in [0.29, 0.717) is 0 Å². The summed E-state index contributed by atoms with van der Waals surface area (Å²) in [6, 6.07) is 11.0. The van der Waals surface area contributed by atoms with Gasteiger partial charge in [0.2, 0.25) is 0 Å². The quantitative estimate of drug-likeness (QED) is 0.899. The molecule has 0 aliphatic heterocycles. The average Bonchev–Trinajstić information content (AvgIpc) is 2.38. The Kier molecular flexibility index (Phi) is 4.33. The zero-order chi connectivity index (χ0) is 13.8. The minimum atomic E-state index is 0.222. The topological polar surface area (TPSA) is 24.9 Å². The summed E-state index contributed by atoms with van der Waals surface area (Å²) in [7, 11) is 0. The van der Waals surface area contributed by atoms with Crippen LogP contribution in [0, 0.1) is 20.8 Å². The van der Waals surface area contributed by atoms with E-state index in [1.165, 1.54) is 22.3 Å². The van der Waals surface area contributed by atoms with Gasteiger partial charge >= 0.3 is 0 Å². The minimum Gasteiger partial charge on any atom is -0.306 e. The number of aryl methyl sites for hydroxylation is 3. The first-order valence-corrected chi connectivity index (χ1v) is 6.85. The maximum atomic E-state index is 4.41. The first-order valence-electron chi connectivity index (χ1n) is 6.85. The number of pyridine rings is 1. The van der Waals surface area contributed by atoms with Crippen molar-refractivity contribution in [2.75, 3.05) is 6.54 Å². The lowest BCUT2D eigenvalue weighted by Gasteiger charge is -2.22. The molecular formula is C17H22N2. The maximum absolute atomic E-state index is 4.41. The van der Waals surface area contributed by atoms with E-state index in [4.69, 9.17) is 0 Å². The number of aromatic nitrogens is 1. The van der Waals surface area contributed by atoms with Crippen molar-refractivity contribution in [2.24, 2.45) is 0 Å². The molecule has 0 bridgehead atoms. The van der Waals surface area contributed by atoms with Gasteiger partial charge in [-0.2, -0.15) is 0 Å². The molecule has 0 spiro atoms. The van der Waals surface area contributed by atoms with E-state index in [1.54, 1.807) is 0 Å². The molecule has 0 fully saturated rings. The molecule has 2 aromatic rings.